The summed E-state index contributed by atoms with van der Waals surface area (Å²) in [5, 5.41) is 0. The summed E-state index contributed by atoms with van der Waals surface area (Å²) in [7, 11) is 0. The summed E-state index contributed by atoms with van der Waals surface area (Å²) >= 11 is 5.43. The van der Waals surface area contributed by atoms with Gasteiger partial charge in [-0.15, -0.1) is 11.6 Å². The Kier molecular flexibility index (Phi) is 3.89. The predicted octanol–water partition coefficient (Wildman–Crippen LogP) is 2.65. The molecule has 0 bridgehead atoms. The van der Waals surface area contributed by atoms with Crippen LogP contribution in [0.15, 0.2) is 18.2 Å². The third-order valence-corrected chi connectivity index (χ3v) is 1.81. The van der Waals surface area contributed by atoms with Gasteiger partial charge in [0.25, 0.3) is 0 Å². The summed E-state index contributed by atoms with van der Waals surface area (Å²) in [6.07, 6.45) is 0. The van der Waals surface area contributed by atoms with Crippen molar-refractivity contribution in [3.63, 3.8) is 0 Å². The summed E-state index contributed by atoms with van der Waals surface area (Å²) < 4.78 is 18.0. The molecule has 0 saturated carbocycles. The second-order valence-corrected chi connectivity index (χ2v) is 3.11. The van der Waals surface area contributed by atoms with Crippen molar-refractivity contribution in [3.8, 4) is 5.75 Å². The minimum atomic E-state index is -0.451. The van der Waals surface area contributed by atoms with Crippen LogP contribution in [0.25, 0.3) is 0 Å². The van der Waals surface area contributed by atoms with Gasteiger partial charge in [-0.25, -0.2) is 4.39 Å². The summed E-state index contributed by atoms with van der Waals surface area (Å²) in [5.74, 6) is 0.0244. The lowest BCUT2D eigenvalue weighted by atomic mass is 10.1. The monoisotopic (exact) mass is 216 g/mol. The van der Waals surface area contributed by atoms with Gasteiger partial charge < -0.3 is 4.74 Å². The number of carbonyl (C=O) groups excluding carboxylic acids is 1. The van der Waals surface area contributed by atoms with Gasteiger partial charge in [0.2, 0.25) is 0 Å². The van der Waals surface area contributed by atoms with E-state index in [-0.39, 0.29) is 11.3 Å². The number of hydrogen-bond acceptors (Lipinski definition) is 2. The number of hydrogen-bond donors (Lipinski definition) is 0. The Bertz CT molecular complexity index is 339. The van der Waals surface area contributed by atoms with E-state index in [1.165, 1.54) is 19.1 Å². The quantitative estimate of drug-likeness (QED) is 0.571. The Morgan fingerprint density at radius 1 is 1.57 bits per heavy atom. The van der Waals surface area contributed by atoms with Gasteiger partial charge in [-0.05, 0) is 25.1 Å². The predicted molar refractivity (Wildman–Crippen MR) is 52.6 cm³/mol. The minimum Gasteiger partial charge on any atom is -0.492 e. The number of Topliss-reactive ketones (excluding diaryl/α,β-unsaturated/α-hetero) is 1. The molecule has 1 aromatic carbocycles. The average molecular weight is 217 g/mol. The largest absolute Gasteiger partial charge is 0.492 e. The molecule has 0 spiro atoms. The molecule has 2 nitrogen and oxygen atoms in total. The van der Waals surface area contributed by atoms with Crippen LogP contribution in [-0.2, 0) is 0 Å². The first-order chi connectivity index (χ1) is 6.65. The second kappa shape index (κ2) is 4.96. The summed E-state index contributed by atoms with van der Waals surface area (Å²) in [6, 6.07) is 3.83. The number of alkyl halides is 1. The highest BCUT2D eigenvalue weighted by Crippen LogP contribution is 2.20. The molecule has 1 aromatic rings. The van der Waals surface area contributed by atoms with E-state index in [4.69, 9.17) is 16.3 Å². The lowest BCUT2D eigenvalue weighted by Crippen LogP contribution is -2.04. The van der Waals surface area contributed by atoms with Gasteiger partial charge in [0.05, 0.1) is 11.4 Å². The van der Waals surface area contributed by atoms with E-state index in [0.29, 0.717) is 18.2 Å². The van der Waals surface area contributed by atoms with Crippen molar-refractivity contribution in [2.45, 2.75) is 6.92 Å². The zero-order valence-corrected chi connectivity index (χ0v) is 8.47. The highest BCUT2D eigenvalue weighted by atomic mass is 35.5. The van der Waals surface area contributed by atoms with E-state index in [1.54, 1.807) is 0 Å². The molecule has 0 heterocycles. The third-order valence-electron chi connectivity index (χ3n) is 1.66. The van der Waals surface area contributed by atoms with Crippen LogP contribution in [0.2, 0.25) is 0 Å². The maximum Gasteiger partial charge on any atom is 0.163 e. The Balaban J connectivity index is 2.96. The zero-order valence-electron chi connectivity index (χ0n) is 7.72. The van der Waals surface area contributed by atoms with Gasteiger partial charge in [-0.1, -0.05) is 0 Å². The smallest absolute Gasteiger partial charge is 0.163 e. The van der Waals surface area contributed by atoms with Crippen LogP contribution in [0.1, 0.15) is 17.3 Å². The zero-order chi connectivity index (χ0) is 10.6. The van der Waals surface area contributed by atoms with Gasteiger partial charge in [0, 0.05) is 0 Å². The molecule has 76 valence electrons. The van der Waals surface area contributed by atoms with Crippen molar-refractivity contribution in [1.82, 2.24) is 0 Å². The standard InChI is InChI=1S/C10H10ClFO2/c1-7(13)9-6-8(12)2-3-10(9)14-5-4-11/h2-3,6H,4-5H2,1H3. The molecular formula is C10H10ClFO2. The molecule has 0 aliphatic carbocycles. The van der Waals surface area contributed by atoms with Gasteiger partial charge in [-0.3, -0.25) is 4.79 Å². The number of rotatable bonds is 4. The molecule has 0 fully saturated rings. The SMILES string of the molecule is CC(=O)c1cc(F)ccc1OCCCl. The first kappa shape index (κ1) is 11.0. The van der Waals surface area contributed by atoms with Crippen LogP contribution >= 0.6 is 11.6 Å². The van der Waals surface area contributed by atoms with Crippen molar-refractivity contribution in [1.29, 1.82) is 0 Å². The first-order valence-corrected chi connectivity index (χ1v) is 4.68. The topological polar surface area (TPSA) is 26.3 Å². The fourth-order valence-corrected chi connectivity index (χ4v) is 1.13. The van der Waals surface area contributed by atoms with Crippen LogP contribution < -0.4 is 4.74 Å². The van der Waals surface area contributed by atoms with Gasteiger partial charge in [-0.2, -0.15) is 0 Å². The van der Waals surface area contributed by atoms with E-state index in [0.717, 1.165) is 6.07 Å². The van der Waals surface area contributed by atoms with E-state index in [2.05, 4.69) is 0 Å². The lowest BCUT2D eigenvalue weighted by molar-refractivity contribution is 0.101. The Morgan fingerprint density at radius 2 is 2.29 bits per heavy atom. The lowest BCUT2D eigenvalue weighted by Gasteiger charge is -2.07. The molecule has 0 amide bonds. The molecular weight excluding hydrogens is 207 g/mol. The Hall–Kier alpha value is -1.09. The number of ether oxygens (including phenoxy) is 1. The van der Waals surface area contributed by atoms with Crippen molar-refractivity contribution in [3.05, 3.63) is 29.6 Å². The average Bonchev–Trinajstić information content (AvgIpc) is 2.15. The highest BCUT2D eigenvalue weighted by molar-refractivity contribution is 6.18. The fourth-order valence-electron chi connectivity index (χ4n) is 1.05. The molecule has 4 heteroatoms. The van der Waals surface area contributed by atoms with Crippen molar-refractivity contribution >= 4 is 17.4 Å². The summed E-state index contributed by atoms with van der Waals surface area (Å²) in [6.45, 7) is 1.66. The molecule has 0 aromatic heterocycles. The molecule has 0 N–H and O–H groups in total. The maximum absolute atomic E-state index is 12.8. The molecule has 0 atom stereocenters. The van der Waals surface area contributed by atoms with Crippen LogP contribution in [0, 0.1) is 5.82 Å². The van der Waals surface area contributed by atoms with E-state index >= 15 is 0 Å². The van der Waals surface area contributed by atoms with E-state index in [9.17, 15) is 9.18 Å². The van der Waals surface area contributed by atoms with Gasteiger partial charge >= 0.3 is 0 Å². The molecule has 0 aliphatic rings. The van der Waals surface area contributed by atoms with Crippen LogP contribution in [-0.4, -0.2) is 18.3 Å². The summed E-state index contributed by atoms with van der Waals surface area (Å²) in [5.41, 5.74) is 0.245. The van der Waals surface area contributed by atoms with E-state index < -0.39 is 5.82 Å². The van der Waals surface area contributed by atoms with Crippen molar-refractivity contribution < 1.29 is 13.9 Å². The highest BCUT2D eigenvalue weighted by Gasteiger charge is 2.09. The van der Waals surface area contributed by atoms with Gasteiger partial charge in [0.1, 0.15) is 18.2 Å². The molecule has 1 rings (SSSR count). The number of ketones is 1. The second-order valence-electron chi connectivity index (χ2n) is 2.73. The molecule has 0 saturated heterocycles. The number of carbonyl (C=O) groups is 1. The third kappa shape index (κ3) is 2.70. The van der Waals surface area contributed by atoms with Crippen LogP contribution in [0.3, 0.4) is 0 Å². The molecule has 14 heavy (non-hydrogen) atoms. The maximum atomic E-state index is 12.8. The number of benzene rings is 1. The number of halogens is 2. The van der Waals surface area contributed by atoms with Crippen molar-refractivity contribution in [2.24, 2.45) is 0 Å². The van der Waals surface area contributed by atoms with Crippen LogP contribution in [0.4, 0.5) is 4.39 Å². The Morgan fingerprint density at radius 3 is 2.86 bits per heavy atom. The molecule has 0 radical (unpaired) electrons. The minimum absolute atomic E-state index is 0.228. The van der Waals surface area contributed by atoms with Gasteiger partial charge in [0.15, 0.2) is 5.78 Å². The Labute approximate surface area is 86.6 Å². The fraction of sp³-hybridized carbons (Fsp3) is 0.300. The normalized spacial score (nSPS) is 9.93. The van der Waals surface area contributed by atoms with Crippen molar-refractivity contribution in [2.75, 3.05) is 12.5 Å². The molecule has 0 unspecified atom stereocenters. The summed E-state index contributed by atoms with van der Waals surface area (Å²) in [4.78, 5) is 11.1. The van der Waals surface area contributed by atoms with E-state index in [1.807, 2.05) is 0 Å². The molecule has 0 aliphatic heterocycles. The van der Waals surface area contributed by atoms with Crippen LogP contribution in [0.5, 0.6) is 5.75 Å². The first-order valence-electron chi connectivity index (χ1n) is 4.14.